The third kappa shape index (κ3) is 1.88. The number of H-pyrrole nitrogens is 1. The number of aromatic nitrogens is 1. The van der Waals surface area contributed by atoms with E-state index < -0.39 is 0 Å². The number of rotatable bonds is 1. The molecule has 1 aromatic carbocycles. The van der Waals surface area contributed by atoms with Gasteiger partial charge in [0.15, 0.2) is 0 Å². The molecular weight excluding hydrogens is 226 g/mol. The highest BCUT2D eigenvalue weighted by Gasteiger charge is 2.22. The first-order chi connectivity index (χ1) is 8.75. The van der Waals surface area contributed by atoms with Crippen molar-refractivity contribution in [1.82, 2.24) is 14.8 Å². The average Bonchev–Trinajstić information content (AvgIpc) is 2.82. The fraction of sp³-hybridized carbons (Fsp3) is 0.357. The predicted molar refractivity (Wildman–Crippen MR) is 70.5 cm³/mol. The molecule has 3 rings (SSSR count). The van der Waals surface area contributed by atoms with Crippen LogP contribution in [0.15, 0.2) is 24.3 Å². The van der Waals surface area contributed by atoms with Crippen molar-refractivity contribution in [2.45, 2.75) is 0 Å². The molecule has 0 unspecified atom stereocenters. The van der Waals surface area contributed by atoms with Crippen LogP contribution in [0.2, 0.25) is 0 Å². The van der Waals surface area contributed by atoms with E-state index in [-0.39, 0.29) is 5.91 Å². The second-order valence-electron chi connectivity index (χ2n) is 4.77. The van der Waals surface area contributed by atoms with Crippen LogP contribution < -0.4 is 0 Å². The molecule has 0 bridgehead atoms. The van der Waals surface area contributed by atoms with Crippen LogP contribution in [0, 0.1) is 6.20 Å². The highest BCUT2D eigenvalue weighted by Crippen LogP contribution is 2.19. The van der Waals surface area contributed by atoms with Crippen LogP contribution >= 0.6 is 0 Å². The van der Waals surface area contributed by atoms with Gasteiger partial charge in [-0.3, -0.25) is 4.79 Å². The van der Waals surface area contributed by atoms with Gasteiger partial charge in [0.25, 0.3) is 5.91 Å². The number of fused-ring (bicyclic) bond motifs is 1. The molecule has 0 spiro atoms. The van der Waals surface area contributed by atoms with Crippen molar-refractivity contribution in [3.8, 4) is 0 Å². The number of piperazine rings is 1. The third-order valence-electron chi connectivity index (χ3n) is 3.52. The number of likely N-dealkylation sites (N-methyl/N-ethyl adjacent to an activating group) is 1. The maximum absolute atomic E-state index is 12.4. The summed E-state index contributed by atoms with van der Waals surface area (Å²) in [4.78, 5) is 19.6. The van der Waals surface area contributed by atoms with E-state index in [1.807, 2.05) is 29.2 Å². The minimum Gasteiger partial charge on any atom is -0.353 e. The van der Waals surface area contributed by atoms with Gasteiger partial charge in [0.05, 0.1) is 11.8 Å². The Hall–Kier alpha value is -1.81. The fourth-order valence-electron chi connectivity index (χ4n) is 2.34. The van der Waals surface area contributed by atoms with E-state index in [2.05, 4.69) is 23.1 Å². The van der Waals surface area contributed by atoms with Crippen LogP contribution in [0.25, 0.3) is 10.9 Å². The van der Waals surface area contributed by atoms with E-state index in [0.717, 1.165) is 37.1 Å². The van der Waals surface area contributed by atoms with Gasteiger partial charge in [0.1, 0.15) is 0 Å². The maximum Gasteiger partial charge on any atom is 0.256 e. The normalized spacial score (nSPS) is 17.3. The molecule has 4 heteroatoms. The largest absolute Gasteiger partial charge is 0.353 e. The van der Waals surface area contributed by atoms with Crippen LogP contribution in [0.5, 0.6) is 0 Å². The second kappa shape index (κ2) is 4.46. The molecule has 1 fully saturated rings. The van der Waals surface area contributed by atoms with Crippen molar-refractivity contribution < 1.29 is 4.79 Å². The standard InChI is InChI=1S/C14H16N3O/c1-16-6-8-17(9-7-16)14(18)12-10-15-13-5-3-2-4-11(12)13/h2-5,15H,6-9H2,1H3. The van der Waals surface area contributed by atoms with Crippen LogP contribution in [-0.4, -0.2) is 53.9 Å². The molecule has 2 aromatic rings. The Labute approximate surface area is 106 Å². The molecule has 1 aromatic heterocycles. The average molecular weight is 242 g/mol. The molecule has 1 aliphatic rings. The van der Waals surface area contributed by atoms with E-state index in [9.17, 15) is 4.79 Å². The summed E-state index contributed by atoms with van der Waals surface area (Å²) < 4.78 is 0. The lowest BCUT2D eigenvalue weighted by Crippen LogP contribution is -2.47. The third-order valence-corrected chi connectivity index (χ3v) is 3.52. The molecule has 18 heavy (non-hydrogen) atoms. The summed E-state index contributed by atoms with van der Waals surface area (Å²) in [5, 5.41) is 0.960. The summed E-state index contributed by atoms with van der Waals surface area (Å²) in [6, 6.07) is 7.83. The minimum atomic E-state index is 0.0838. The summed E-state index contributed by atoms with van der Waals surface area (Å²) in [7, 11) is 2.08. The van der Waals surface area contributed by atoms with Gasteiger partial charge in [-0.1, -0.05) is 18.2 Å². The molecular formula is C14H16N3O. The Balaban J connectivity index is 1.88. The van der Waals surface area contributed by atoms with Crippen molar-refractivity contribution in [2.75, 3.05) is 33.2 Å². The molecule has 1 aliphatic heterocycles. The number of nitrogens with zero attached hydrogens (tertiary/aromatic N) is 2. The fourth-order valence-corrected chi connectivity index (χ4v) is 2.34. The van der Waals surface area contributed by atoms with Crippen molar-refractivity contribution >= 4 is 16.8 Å². The summed E-state index contributed by atoms with van der Waals surface area (Å²) in [5.74, 6) is 0.0838. The molecule has 4 nitrogen and oxygen atoms in total. The van der Waals surface area contributed by atoms with E-state index in [1.165, 1.54) is 0 Å². The van der Waals surface area contributed by atoms with Crippen molar-refractivity contribution in [3.05, 3.63) is 36.0 Å². The number of carbonyl (C=O) groups excluding carboxylic acids is 1. The molecule has 1 N–H and O–H groups in total. The Morgan fingerprint density at radius 3 is 2.72 bits per heavy atom. The van der Waals surface area contributed by atoms with Crippen LogP contribution in [0.1, 0.15) is 10.4 Å². The Morgan fingerprint density at radius 2 is 1.94 bits per heavy atom. The van der Waals surface area contributed by atoms with Gasteiger partial charge in [0.2, 0.25) is 0 Å². The van der Waals surface area contributed by atoms with Gasteiger partial charge in [-0.05, 0) is 13.1 Å². The summed E-state index contributed by atoms with van der Waals surface area (Å²) in [5.41, 5.74) is 1.63. The van der Waals surface area contributed by atoms with Crippen LogP contribution in [0.4, 0.5) is 0 Å². The number of benzene rings is 1. The smallest absolute Gasteiger partial charge is 0.256 e. The van der Waals surface area contributed by atoms with E-state index in [4.69, 9.17) is 0 Å². The molecule has 0 atom stereocenters. The molecule has 1 saturated heterocycles. The van der Waals surface area contributed by atoms with Gasteiger partial charge in [-0.15, -0.1) is 0 Å². The highest BCUT2D eigenvalue weighted by atomic mass is 16.2. The molecule has 93 valence electrons. The van der Waals surface area contributed by atoms with Crippen molar-refractivity contribution in [3.63, 3.8) is 0 Å². The molecule has 2 heterocycles. The Morgan fingerprint density at radius 1 is 1.22 bits per heavy atom. The minimum absolute atomic E-state index is 0.0838. The van der Waals surface area contributed by atoms with E-state index >= 15 is 0 Å². The lowest BCUT2D eigenvalue weighted by Gasteiger charge is -2.32. The zero-order valence-corrected chi connectivity index (χ0v) is 10.4. The second-order valence-corrected chi connectivity index (χ2v) is 4.77. The van der Waals surface area contributed by atoms with Gasteiger partial charge in [-0.2, -0.15) is 0 Å². The number of aromatic amines is 1. The van der Waals surface area contributed by atoms with E-state index in [1.54, 1.807) is 0 Å². The van der Waals surface area contributed by atoms with Gasteiger partial charge >= 0.3 is 0 Å². The first-order valence-electron chi connectivity index (χ1n) is 6.22. The quantitative estimate of drug-likeness (QED) is 0.820. The lowest BCUT2D eigenvalue weighted by atomic mass is 10.1. The highest BCUT2D eigenvalue weighted by molar-refractivity contribution is 6.06. The zero-order valence-electron chi connectivity index (χ0n) is 10.4. The summed E-state index contributed by atoms with van der Waals surface area (Å²) in [6.45, 7) is 3.47. The number of carbonyl (C=O) groups is 1. The van der Waals surface area contributed by atoms with Crippen molar-refractivity contribution in [1.29, 1.82) is 0 Å². The maximum atomic E-state index is 12.4. The monoisotopic (exact) mass is 242 g/mol. The van der Waals surface area contributed by atoms with Crippen molar-refractivity contribution in [2.24, 2.45) is 0 Å². The first-order valence-corrected chi connectivity index (χ1v) is 6.22. The molecule has 1 radical (unpaired) electrons. The number of nitrogens with one attached hydrogen (secondary N) is 1. The summed E-state index contributed by atoms with van der Waals surface area (Å²) >= 11 is 0. The van der Waals surface area contributed by atoms with Crippen LogP contribution in [-0.2, 0) is 0 Å². The number of hydrogen-bond acceptors (Lipinski definition) is 2. The Bertz CT molecular complexity index is 567. The van der Waals surface area contributed by atoms with Gasteiger partial charge in [-0.25, -0.2) is 0 Å². The van der Waals surface area contributed by atoms with Crippen LogP contribution in [0.3, 0.4) is 0 Å². The van der Waals surface area contributed by atoms with Gasteiger partial charge in [0, 0.05) is 37.1 Å². The Kier molecular flexibility index (Phi) is 2.80. The molecule has 0 saturated carbocycles. The lowest BCUT2D eigenvalue weighted by molar-refractivity contribution is 0.0666. The number of amides is 1. The van der Waals surface area contributed by atoms with Gasteiger partial charge < -0.3 is 14.8 Å². The number of para-hydroxylation sites is 1. The first kappa shape index (κ1) is 11.3. The zero-order chi connectivity index (χ0) is 12.5. The topological polar surface area (TPSA) is 39.3 Å². The SMILES string of the molecule is CN1CCN(C(=O)c2[c][nH]c3ccccc23)CC1. The predicted octanol–water partition coefficient (Wildman–Crippen LogP) is 1.36. The van der Waals surface area contributed by atoms with E-state index in [0.29, 0.717) is 5.56 Å². The molecule has 0 aliphatic carbocycles. The summed E-state index contributed by atoms with van der Waals surface area (Å²) in [6.07, 6.45) is 2.99. The number of hydrogen-bond donors (Lipinski definition) is 1. The molecule has 1 amide bonds.